The predicted molar refractivity (Wildman–Crippen MR) is 87.7 cm³/mol. The van der Waals surface area contributed by atoms with Gasteiger partial charge in [0.25, 0.3) is 0 Å². The van der Waals surface area contributed by atoms with E-state index in [1.54, 1.807) is 24.6 Å². The lowest BCUT2D eigenvalue weighted by molar-refractivity contribution is 0.415. The highest BCUT2D eigenvalue weighted by molar-refractivity contribution is 8.93. The van der Waals surface area contributed by atoms with Crippen molar-refractivity contribution in [2.45, 2.75) is 0 Å². The molecule has 0 atom stereocenters. The fourth-order valence-electron chi connectivity index (χ4n) is 1.79. The average molecular weight is 349 g/mol. The topological polar surface area (TPSA) is 35.0 Å². The number of halogens is 1. The van der Waals surface area contributed by atoms with Crippen LogP contribution in [0.15, 0.2) is 54.2 Å². The maximum atomic E-state index is 5.15. The summed E-state index contributed by atoms with van der Waals surface area (Å²) in [5, 5.41) is 3.04. The largest absolute Gasteiger partial charge is 0.497 e. The molecule has 0 saturated heterocycles. The lowest BCUT2D eigenvalue weighted by Crippen LogP contribution is -1.83. The zero-order chi connectivity index (χ0) is 13.1. The molecule has 0 amide bonds. The molecule has 102 valence electrons. The molecule has 3 rings (SSSR count). The van der Waals surface area contributed by atoms with E-state index >= 15 is 0 Å². The molecule has 0 fully saturated rings. The molecule has 1 aromatic carbocycles. The monoisotopic (exact) mass is 348 g/mol. The number of pyridine rings is 1. The number of hydrogen-bond donors (Lipinski definition) is 0. The molecule has 0 spiro atoms. The Kier molecular flexibility index (Phi) is 4.87. The minimum Gasteiger partial charge on any atom is -0.497 e. The molecule has 0 unspecified atom stereocenters. The number of ether oxygens (including phenoxy) is 1. The smallest absolute Gasteiger partial charge is 0.125 e. The maximum Gasteiger partial charge on any atom is 0.125 e. The number of rotatable bonds is 3. The van der Waals surface area contributed by atoms with Crippen molar-refractivity contribution in [1.82, 2.24) is 9.97 Å². The molecule has 5 heteroatoms. The summed E-state index contributed by atoms with van der Waals surface area (Å²) in [5.41, 5.74) is 3.12. The Morgan fingerprint density at radius 3 is 2.50 bits per heavy atom. The molecule has 0 bridgehead atoms. The van der Waals surface area contributed by atoms with Crippen LogP contribution in [0.1, 0.15) is 0 Å². The lowest BCUT2D eigenvalue weighted by atomic mass is 10.2. The van der Waals surface area contributed by atoms with E-state index in [2.05, 4.69) is 15.3 Å². The molecule has 2 heterocycles. The van der Waals surface area contributed by atoms with Crippen LogP contribution in [0.25, 0.3) is 21.8 Å². The minimum atomic E-state index is 0. The summed E-state index contributed by atoms with van der Waals surface area (Å²) >= 11 is 1.63. The van der Waals surface area contributed by atoms with Gasteiger partial charge in [-0.05, 0) is 36.4 Å². The van der Waals surface area contributed by atoms with E-state index < -0.39 is 0 Å². The van der Waals surface area contributed by atoms with E-state index in [0.717, 1.165) is 27.6 Å². The summed E-state index contributed by atoms with van der Waals surface area (Å²) in [6.07, 6.45) is 3.60. The first-order chi connectivity index (χ1) is 9.36. The third-order valence-corrected chi connectivity index (χ3v) is 3.69. The van der Waals surface area contributed by atoms with Crippen LogP contribution in [-0.2, 0) is 0 Å². The average Bonchev–Trinajstić information content (AvgIpc) is 2.98. The van der Waals surface area contributed by atoms with Crippen molar-refractivity contribution in [1.29, 1.82) is 0 Å². The van der Waals surface area contributed by atoms with Gasteiger partial charge >= 0.3 is 0 Å². The Morgan fingerprint density at radius 1 is 1.05 bits per heavy atom. The van der Waals surface area contributed by atoms with Crippen LogP contribution in [0.4, 0.5) is 0 Å². The molecule has 3 aromatic rings. The molecular formula is C15H13BrN2OS. The Hall–Kier alpha value is -1.72. The fraction of sp³-hybridized carbons (Fsp3) is 0.0667. The van der Waals surface area contributed by atoms with Crippen molar-refractivity contribution >= 4 is 28.3 Å². The summed E-state index contributed by atoms with van der Waals surface area (Å²) in [7, 11) is 1.67. The summed E-state index contributed by atoms with van der Waals surface area (Å²) in [4.78, 5) is 8.76. The van der Waals surface area contributed by atoms with Crippen LogP contribution < -0.4 is 4.74 Å². The van der Waals surface area contributed by atoms with Gasteiger partial charge in [-0.15, -0.1) is 28.3 Å². The second-order valence-corrected chi connectivity index (χ2v) is 4.87. The van der Waals surface area contributed by atoms with E-state index in [-0.39, 0.29) is 17.0 Å². The maximum absolute atomic E-state index is 5.15. The third kappa shape index (κ3) is 3.05. The van der Waals surface area contributed by atoms with E-state index in [1.165, 1.54) is 0 Å². The molecule has 0 radical (unpaired) electrons. The van der Waals surface area contributed by atoms with Gasteiger partial charge in [0.2, 0.25) is 0 Å². The van der Waals surface area contributed by atoms with Gasteiger partial charge < -0.3 is 4.74 Å². The van der Waals surface area contributed by atoms with E-state index in [1.807, 2.05) is 42.6 Å². The second-order valence-electron chi connectivity index (χ2n) is 4.01. The van der Waals surface area contributed by atoms with Gasteiger partial charge in [-0.3, -0.25) is 4.98 Å². The van der Waals surface area contributed by atoms with Gasteiger partial charge in [0.15, 0.2) is 0 Å². The molecule has 2 aromatic heterocycles. The zero-order valence-corrected chi connectivity index (χ0v) is 13.3. The van der Waals surface area contributed by atoms with Crippen molar-refractivity contribution in [3.8, 4) is 27.6 Å². The van der Waals surface area contributed by atoms with Crippen LogP contribution in [-0.4, -0.2) is 17.1 Å². The molecule has 20 heavy (non-hydrogen) atoms. The first-order valence-corrected chi connectivity index (χ1v) is 6.75. The van der Waals surface area contributed by atoms with Gasteiger partial charge in [0.05, 0.1) is 12.8 Å². The van der Waals surface area contributed by atoms with Crippen LogP contribution in [0.3, 0.4) is 0 Å². The Morgan fingerprint density at radius 2 is 1.85 bits per heavy atom. The number of methoxy groups -OCH3 is 1. The molecular weight excluding hydrogens is 336 g/mol. The lowest BCUT2D eigenvalue weighted by Gasteiger charge is -2.00. The highest BCUT2D eigenvalue weighted by Gasteiger charge is 2.06. The number of nitrogens with zero attached hydrogens (tertiary/aromatic N) is 2. The second kappa shape index (κ2) is 6.63. The van der Waals surface area contributed by atoms with Crippen LogP contribution in [0.2, 0.25) is 0 Å². The summed E-state index contributed by atoms with van der Waals surface area (Å²) in [5.74, 6) is 0.853. The molecule has 3 nitrogen and oxygen atoms in total. The number of benzene rings is 1. The standard InChI is InChI=1S/C15H12N2OS.BrH/c1-18-13-6-4-11(5-7-13)14-10-19-15(17-14)12-3-2-8-16-9-12;/h2-10H,1H3;1H. The Balaban J connectivity index is 0.00000147. The molecule has 0 saturated carbocycles. The van der Waals surface area contributed by atoms with E-state index in [0.29, 0.717) is 0 Å². The van der Waals surface area contributed by atoms with Crippen molar-refractivity contribution in [3.05, 3.63) is 54.2 Å². The summed E-state index contributed by atoms with van der Waals surface area (Å²) < 4.78 is 5.15. The molecule has 0 aliphatic carbocycles. The van der Waals surface area contributed by atoms with Crippen LogP contribution in [0, 0.1) is 0 Å². The van der Waals surface area contributed by atoms with Gasteiger partial charge in [-0.1, -0.05) is 0 Å². The molecule has 0 aliphatic rings. The Bertz CT molecular complexity index is 668. The van der Waals surface area contributed by atoms with Crippen LogP contribution in [0.5, 0.6) is 5.75 Å². The zero-order valence-electron chi connectivity index (χ0n) is 10.8. The fourth-order valence-corrected chi connectivity index (χ4v) is 2.61. The van der Waals surface area contributed by atoms with Gasteiger partial charge in [0, 0.05) is 28.9 Å². The third-order valence-electron chi connectivity index (χ3n) is 2.80. The van der Waals surface area contributed by atoms with Crippen molar-refractivity contribution in [2.24, 2.45) is 0 Å². The Labute approximate surface area is 132 Å². The van der Waals surface area contributed by atoms with Crippen LogP contribution >= 0.6 is 28.3 Å². The number of hydrogen-bond acceptors (Lipinski definition) is 4. The van der Waals surface area contributed by atoms with Gasteiger partial charge in [-0.2, -0.15) is 0 Å². The van der Waals surface area contributed by atoms with Crippen molar-refractivity contribution in [2.75, 3.05) is 7.11 Å². The summed E-state index contributed by atoms with van der Waals surface area (Å²) in [6, 6.07) is 11.9. The normalized spacial score (nSPS) is 9.85. The first-order valence-electron chi connectivity index (χ1n) is 5.87. The van der Waals surface area contributed by atoms with Gasteiger partial charge in [0.1, 0.15) is 10.8 Å². The molecule has 0 aliphatic heterocycles. The minimum absolute atomic E-state index is 0. The van der Waals surface area contributed by atoms with Crippen molar-refractivity contribution in [3.63, 3.8) is 0 Å². The summed E-state index contributed by atoms with van der Waals surface area (Å²) in [6.45, 7) is 0. The van der Waals surface area contributed by atoms with Crippen molar-refractivity contribution < 1.29 is 4.74 Å². The highest BCUT2D eigenvalue weighted by Crippen LogP contribution is 2.29. The SMILES string of the molecule is Br.COc1ccc(-c2csc(-c3cccnc3)n2)cc1. The molecule has 0 N–H and O–H groups in total. The quantitative estimate of drug-likeness (QED) is 0.700. The van der Waals surface area contributed by atoms with E-state index in [4.69, 9.17) is 4.74 Å². The first kappa shape index (κ1) is 14.7. The number of thiazole rings is 1. The van der Waals surface area contributed by atoms with Gasteiger partial charge in [-0.25, -0.2) is 4.98 Å². The number of aromatic nitrogens is 2. The van der Waals surface area contributed by atoms with E-state index in [9.17, 15) is 0 Å². The predicted octanol–water partition coefficient (Wildman–Crippen LogP) is 4.46. The highest BCUT2D eigenvalue weighted by atomic mass is 79.9.